The van der Waals surface area contributed by atoms with Crippen LogP contribution in [0.25, 0.3) is 0 Å². The summed E-state index contributed by atoms with van der Waals surface area (Å²) in [7, 11) is 0. The molecule has 45 heavy (non-hydrogen) atoms. The second-order valence-electron chi connectivity index (χ2n) is 16.4. The molecule has 6 rings (SSSR count). The monoisotopic (exact) mass is 628 g/mol. The molecule has 1 saturated heterocycles. The van der Waals surface area contributed by atoms with Crippen LogP contribution in [0.15, 0.2) is 0 Å². The van der Waals surface area contributed by atoms with E-state index in [9.17, 15) is 19.2 Å². The van der Waals surface area contributed by atoms with Gasteiger partial charge >= 0.3 is 11.9 Å². The second kappa shape index (κ2) is 14.1. The predicted molar refractivity (Wildman–Crippen MR) is 167 cm³/mol. The molecule has 0 aromatic heterocycles. The zero-order valence-electron chi connectivity index (χ0n) is 27.6. The maximum atomic E-state index is 13.7. The Balaban J connectivity index is 1.12. The van der Waals surface area contributed by atoms with Gasteiger partial charge in [-0.05, 0) is 94.8 Å². The Bertz CT molecular complexity index is 1060. The number of hydrogen-bond donors (Lipinski definition) is 0. The second-order valence-corrected chi connectivity index (χ2v) is 16.4. The van der Waals surface area contributed by atoms with E-state index in [4.69, 9.17) is 18.9 Å². The van der Waals surface area contributed by atoms with Crippen LogP contribution in [0.2, 0.25) is 0 Å². The van der Waals surface area contributed by atoms with Crippen molar-refractivity contribution in [3.8, 4) is 0 Å². The fourth-order valence-electron chi connectivity index (χ4n) is 10.8. The smallest absolute Gasteiger partial charge is 0.312 e. The minimum absolute atomic E-state index is 0.0390. The van der Waals surface area contributed by atoms with Crippen LogP contribution in [0.3, 0.4) is 0 Å². The molecule has 0 aromatic rings. The fourth-order valence-corrected chi connectivity index (χ4v) is 10.8. The van der Waals surface area contributed by atoms with Gasteiger partial charge in [0, 0.05) is 17.8 Å². The lowest BCUT2D eigenvalue weighted by Gasteiger charge is -2.45. The highest BCUT2D eigenvalue weighted by Crippen LogP contribution is 2.52. The Morgan fingerprint density at radius 2 is 1.40 bits per heavy atom. The van der Waals surface area contributed by atoms with Crippen LogP contribution in [-0.4, -0.2) is 56.2 Å². The Morgan fingerprint density at radius 3 is 2.07 bits per heavy atom. The molecule has 6 fully saturated rings. The summed E-state index contributed by atoms with van der Waals surface area (Å²) >= 11 is 0. The molecule has 6 aliphatic rings. The van der Waals surface area contributed by atoms with Gasteiger partial charge in [-0.15, -0.1) is 0 Å². The molecular formula is C37H56O8. The zero-order chi connectivity index (χ0) is 31.6. The molecule has 0 aromatic carbocycles. The largest absolute Gasteiger partial charge is 0.462 e. The van der Waals surface area contributed by atoms with Gasteiger partial charge in [-0.2, -0.15) is 0 Å². The highest BCUT2D eigenvalue weighted by Gasteiger charge is 2.51. The summed E-state index contributed by atoms with van der Waals surface area (Å²) in [4.78, 5) is 50.8. The van der Waals surface area contributed by atoms with Gasteiger partial charge in [-0.25, -0.2) is 0 Å². The Kier molecular flexibility index (Phi) is 10.4. The van der Waals surface area contributed by atoms with Gasteiger partial charge in [0.25, 0.3) is 0 Å². The van der Waals surface area contributed by atoms with Crippen molar-refractivity contribution < 1.29 is 38.1 Å². The van der Waals surface area contributed by atoms with E-state index in [1.54, 1.807) is 0 Å². The minimum atomic E-state index is -0.710. The van der Waals surface area contributed by atoms with Crippen molar-refractivity contribution in [3.63, 3.8) is 0 Å². The third-order valence-electron chi connectivity index (χ3n) is 12.7. The van der Waals surface area contributed by atoms with Gasteiger partial charge in [-0.1, -0.05) is 51.9 Å². The van der Waals surface area contributed by atoms with Crippen LogP contribution in [0.4, 0.5) is 0 Å². The van der Waals surface area contributed by atoms with Crippen LogP contribution in [0.5, 0.6) is 0 Å². The van der Waals surface area contributed by atoms with Crippen LogP contribution in [0, 0.1) is 52.3 Å². The number of rotatable bonds is 11. The molecule has 0 N–H and O–H groups in total. The molecule has 1 aliphatic heterocycles. The van der Waals surface area contributed by atoms with Crippen molar-refractivity contribution in [3.05, 3.63) is 0 Å². The molecular weight excluding hydrogens is 572 g/mol. The van der Waals surface area contributed by atoms with Crippen molar-refractivity contribution in [2.45, 2.75) is 141 Å². The first-order chi connectivity index (χ1) is 21.7. The Morgan fingerprint density at radius 1 is 0.756 bits per heavy atom. The highest BCUT2D eigenvalue weighted by molar-refractivity contribution is 5.78. The van der Waals surface area contributed by atoms with Crippen molar-refractivity contribution in [1.82, 2.24) is 0 Å². The maximum Gasteiger partial charge on any atom is 0.312 e. The van der Waals surface area contributed by atoms with E-state index in [0.717, 1.165) is 83.2 Å². The van der Waals surface area contributed by atoms with Gasteiger partial charge in [0.15, 0.2) is 6.29 Å². The number of aldehydes is 2. The summed E-state index contributed by atoms with van der Waals surface area (Å²) in [6.45, 7) is 4.17. The summed E-state index contributed by atoms with van der Waals surface area (Å²) in [5.41, 5.74) is -1.30. The summed E-state index contributed by atoms with van der Waals surface area (Å²) in [6.07, 6.45) is 17.1. The van der Waals surface area contributed by atoms with Crippen LogP contribution >= 0.6 is 0 Å². The van der Waals surface area contributed by atoms with E-state index < -0.39 is 29.3 Å². The van der Waals surface area contributed by atoms with Gasteiger partial charge in [0.1, 0.15) is 38.0 Å². The number of carbonyl (C=O) groups excluding carboxylic acids is 4. The zero-order valence-corrected chi connectivity index (χ0v) is 27.6. The number of esters is 2. The minimum Gasteiger partial charge on any atom is -0.462 e. The van der Waals surface area contributed by atoms with E-state index in [1.807, 2.05) is 6.92 Å². The first kappa shape index (κ1) is 33.1. The van der Waals surface area contributed by atoms with E-state index in [0.29, 0.717) is 36.5 Å². The van der Waals surface area contributed by atoms with E-state index in [2.05, 4.69) is 6.92 Å². The lowest BCUT2D eigenvalue weighted by atomic mass is 9.59. The molecule has 8 nitrogen and oxygen atoms in total. The SMILES string of the molecule is CCCC1CC(C=O)CC(C)(C(=O)OCC2OC(C3CC4CCCC(C4)C3)OC2COC(=O)C23CCCC(CC(C=O)C2)C3)C1. The summed E-state index contributed by atoms with van der Waals surface area (Å²) in [5, 5.41) is 0. The molecule has 0 radical (unpaired) electrons. The van der Waals surface area contributed by atoms with Gasteiger partial charge in [-0.3, -0.25) is 9.59 Å². The standard InChI is InChI=1S/C37H56O8/c1-3-6-26-12-28(20-38)17-36(2,16-26)34(40)42-22-31-32(45-33(44-31)30-14-24-7-4-8-25(11-24)15-30)23-43-35(41)37-10-5-9-27(18-37)13-29(19-37)21-39/h20-21,24-33H,3-19,22-23H2,1-2H3. The van der Waals surface area contributed by atoms with Crippen molar-refractivity contribution in [2.75, 3.05) is 13.2 Å². The lowest BCUT2D eigenvalue weighted by Crippen LogP contribution is -2.45. The molecule has 0 amide bonds. The average molecular weight is 629 g/mol. The van der Waals surface area contributed by atoms with E-state index >= 15 is 0 Å². The Hall–Kier alpha value is -1.80. The van der Waals surface area contributed by atoms with Crippen molar-refractivity contribution in [2.24, 2.45) is 52.3 Å². The number of carbonyl (C=O) groups is 4. The van der Waals surface area contributed by atoms with E-state index in [-0.39, 0.29) is 42.9 Å². The molecule has 0 spiro atoms. The summed E-state index contributed by atoms with van der Waals surface area (Å²) in [6, 6.07) is 0. The number of hydrogen-bond acceptors (Lipinski definition) is 8. The molecule has 252 valence electrons. The van der Waals surface area contributed by atoms with Crippen molar-refractivity contribution >= 4 is 24.5 Å². The molecule has 11 atom stereocenters. The maximum absolute atomic E-state index is 13.7. The topological polar surface area (TPSA) is 105 Å². The molecule has 4 bridgehead atoms. The van der Waals surface area contributed by atoms with E-state index in [1.165, 1.54) is 25.7 Å². The number of fused-ring (bicyclic) bond motifs is 4. The third kappa shape index (κ3) is 7.37. The molecule has 5 aliphatic carbocycles. The molecule has 11 unspecified atom stereocenters. The highest BCUT2D eigenvalue weighted by atomic mass is 16.7. The first-order valence-corrected chi connectivity index (χ1v) is 18.3. The number of ether oxygens (including phenoxy) is 4. The molecule has 8 heteroatoms. The van der Waals surface area contributed by atoms with Crippen LogP contribution in [0.1, 0.15) is 123 Å². The molecule has 5 saturated carbocycles. The van der Waals surface area contributed by atoms with Gasteiger partial charge in [0.2, 0.25) is 0 Å². The van der Waals surface area contributed by atoms with Gasteiger partial charge < -0.3 is 28.5 Å². The lowest BCUT2D eigenvalue weighted by molar-refractivity contribution is -0.169. The predicted octanol–water partition coefficient (Wildman–Crippen LogP) is 6.61. The summed E-state index contributed by atoms with van der Waals surface area (Å²) in [5.74, 6) is 1.75. The van der Waals surface area contributed by atoms with Crippen LogP contribution < -0.4 is 0 Å². The van der Waals surface area contributed by atoms with Crippen LogP contribution in [-0.2, 0) is 38.1 Å². The average Bonchev–Trinajstić information content (AvgIpc) is 3.44. The third-order valence-corrected chi connectivity index (χ3v) is 12.7. The Labute approximate surface area is 269 Å². The molecule has 1 heterocycles. The fraction of sp³-hybridized carbons (Fsp3) is 0.892. The normalized spacial score (nSPS) is 44.5. The quantitative estimate of drug-likeness (QED) is 0.186. The van der Waals surface area contributed by atoms with Crippen molar-refractivity contribution in [1.29, 1.82) is 0 Å². The first-order valence-electron chi connectivity index (χ1n) is 18.3. The van der Waals surface area contributed by atoms with Gasteiger partial charge in [0.05, 0.1) is 10.8 Å². The summed E-state index contributed by atoms with van der Waals surface area (Å²) < 4.78 is 25.2.